The quantitative estimate of drug-likeness (QED) is 0.442. The molecule has 0 bridgehead atoms. The highest BCUT2D eigenvalue weighted by Crippen LogP contribution is 2.36. The Labute approximate surface area is 181 Å². The standard InChI is InChI=1S/C20H20BrN3O6/c1-2-27-16-8-12(7-13(21)19(16)29-11-18(22)25)9-23-24-20(26)17-10-28-14-5-3-4-6-15(14)30-17/h3-9,17H,2,10-11H2,1H3,(H2,22,25)(H,24,26)/t17-/m0/s1. The highest BCUT2D eigenvalue weighted by molar-refractivity contribution is 9.10. The van der Waals surface area contributed by atoms with E-state index >= 15 is 0 Å². The lowest BCUT2D eigenvalue weighted by Gasteiger charge is -2.24. The smallest absolute Gasteiger partial charge is 0.284 e. The number of para-hydroxylation sites is 2. The maximum Gasteiger partial charge on any atom is 0.284 e. The van der Waals surface area contributed by atoms with Gasteiger partial charge >= 0.3 is 0 Å². The lowest BCUT2D eigenvalue weighted by molar-refractivity contribution is -0.130. The van der Waals surface area contributed by atoms with Crippen LogP contribution < -0.4 is 30.1 Å². The molecule has 0 aromatic heterocycles. The van der Waals surface area contributed by atoms with Crippen LogP contribution in [0.3, 0.4) is 0 Å². The van der Waals surface area contributed by atoms with Gasteiger partial charge in [0.1, 0.15) is 6.61 Å². The Bertz CT molecular complexity index is 966. The van der Waals surface area contributed by atoms with Gasteiger partial charge < -0.3 is 24.7 Å². The minimum absolute atomic E-state index is 0.0876. The van der Waals surface area contributed by atoms with Gasteiger partial charge in [-0.2, -0.15) is 5.10 Å². The van der Waals surface area contributed by atoms with Crippen LogP contribution in [0, 0.1) is 0 Å². The normalized spacial score (nSPS) is 14.9. The monoisotopic (exact) mass is 477 g/mol. The molecule has 0 saturated heterocycles. The first-order chi connectivity index (χ1) is 14.5. The molecule has 3 rings (SSSR count). The Kier molecular flexibility index (Phi) is 7.12. The number of nitrogens with zero attached hydrogens (tertiary/aromatic N) is 1. The summed E-state index contributed by atoms with van der Waals surface area (Å²) in [5, 5.41) is 3.97. The fourth-order valence-electron chi connectivity index (χ4n) is 2.60. The van der Waals surface area contributed by atoms with Crippen molar-refractivity contribution in [1.29, 1.82) is 0 Å². The van der Waals surface area contributed by atoms with Crippen LogP contribution in [-0.2, 0) is 9.59 Å². The second-order valence-electron chi connectivity index (χ2n) is 6.12. The third-order valence-electron chi connectivity index (χ3n) is 3.88. The number of hydrazone groups is 1. The van der Waals surface area contributed by atoms with Crippen LogP contribution >= 0.6 is 15.9 Å². The van der Waals surface area contributed by atoms with E-state index in [0.29, 0.717) is 39.6 Å². The number of rotatable bonds is 8. The summed E-state index contributed by atoms with van der Waals surface area (Å²) in [4.78, 5) is 23.3. The number of primary amides is 1. The molecule has 0 fully saturated rings. The number of ether oxygens (including phenoxy) is 4. The molecule has 2 amide bonds. The third kappa shape index (κ3) is 5.41. The molecule has 10 heteroatoms. The van der Waals surface area contributed by atoms with Crippen LogP contribution in [0.1, 0.15) is 12.5 Å². The number of hydrogen-bond acceptors (Lipinski definition) is 7. The zero-order valence-corrected chi connectivity index (χ0v) is 17.7. The van der Waals surface area contributed by atoms with Gasteiger partial charge in [0.15, 0.2) is 29.6 Å². The molecule has 2 aromatic rings. The zero-order valence-electron chi connectivity index (χ0n) is 16.1. The van der Waals surface area contributed by atoms with Crippen LogP contribution in [0.4, 0.5) is 0 Å². The highest BCUT2D eigenvalue weighted by atomic mass is 79.9. The van der Waals surface area contributed by atoms with Gasteiger partial charge in [0.05, 0.1) is 17.3 Å². The summed E-state index contributed by atoms with van der Waals surface area (Å²) in [6, 6.07) is 10.5. The van der Waals surface area contributed by atoms with Crippen LogP contribution in [0.2, 0.25) is 0 Å². The van der Waals surface area contributed by atoms with Crippen molar-refractivity contribution in [1.82, 2.24) is 5.43 Å². The lowest BCUT2D eigenvalue weighted by Crippen LogP contribution is -2.42. The van der Waals surface area contributed by atoms with Gasteiger partial charge in [-0.25, -0.2) is 5.43 Å². The summed E-state index contributed by atoms with van der Waals surface area (Å²) in [7, 11) is 0. The summed E-state index contributed by atoms with van der Waals surface area (Å²) < 4.78 is 22.7. The first kappa shape index (κ1) is 21.4. The predicted molar refractivity (Wildman–Crippen MR) is 112 cm³/mol. The van der Waals surface area contributed by atoms with Crippen molar-refractivity contribution < 1.29 is 28.5 Å². The van der Waals surface area contributed by atoms with E-state index in [1.54, 1.807) is 30.3 Å². The van der Waals surface area contributed by atoms with Gasteiger partial charge in [-0.1, -0.05) is 12.1 Å². The summed E-state index contributed by atoms with van der Waals surface area (Å²) in [6.45, 7) is 2.01. The maximum atomic E-state index is 12.3. The van der Waals surface area contributed by atoms with Crippen molar-refractivity contribution in [3.05, 3.63) is 46.4 Å². The Hall–Kier alpha value is -3.27. The van der Waals surface area contributed by atoms with Crippen LogP contribution in [-0.4, -0.2) is 44.0 Å². The number of benzene rings is 2. The topological polar surface area (TPSA) is 121 Å². The predicted octanol–water partition coefficient (Wildman–Crippen LogP) is 2.00. The summed E-state index contributed by atoms with van der Waals surface area (Å²) in [5.74, 6) is 0.812. The molecule has 3 N–H and O–H groups in total. The first-order valence-corrected chi connectivity index (χ1v) is 9.86. The van der Waals surface area contributed by atoms with Gasteiger partial charge in [-0.05, 0) is 52.7 Å². The average Bonchev–Trinajstić information content (AvgIpc) is 2.72. The number of carbonyl (C=O) groups is 2. The van der Waals surface area contributed by atoms with E-state index in [2.05, 4.69) is 26.5 Å². The molecule has 0 saturated carbocycles. The molecule has 0 radical (unpaired) electrons. The van der Waals surface area contributed by atoms with E-state index in [1.165, 1.54) is 6.21 Å². The third-order valence-corrected chi connectivity index (χ3v) is 4.47. The molecule has 158 valence electrons. The molecular weight excluding hydrogens is 458 g/mol. The fourth-order valence-corrected chi connectivity index (χ4v) is 3.17. The Morgan fingerprint density at radius 3 is 2.80 bits per heavy atom. The molecule has 0 unspecified atom stereocenters. The molecule has 1 atom stereocenters. The molecule has 9 nitrogen and oxygen atoms in total. The Morgan fingerprint density at radius 2 is 2.07 bits per heavy atom. The fraction of sp³-hybridized carbons (Fsp3) is 0.250. The number of nitrogens with one attached hydrogen (secondary N) is 1. The molecule has 0 spiro atoms. The van der Waals surface area contributed by atoms with E-state index in [-0.39, 0.29) is 13.2 Å². The number of amides is 2. The average molecular weight is 478 g/mol. The SMILES string of the molecule is CCOc1cc(C=NNC(=O)[C@@H]2COc3ccccc3O2)cc(Br)c1OCC(N)=O. The molecule has 30 heavy (non-hydrogen) atoms. The van der Waals surface area contributed by atoms with Gasteiger partial charge in [0.2, 0.25) is 6.10 Å². The summed E-state index contributed by atoms with van der Waals surface area (Å²) in [5.41, 5.74) is 8.19. The second kappa shape index (κ2) is 9.97. The molecular formula is C20H20BrN3O6. The van der Waals surface area contributed by atoms with Crippen molar-refractivity contribution in [2.45, 2.75) is 13.0 Å². The first-order valence-electron chi connectivity index (χ1n) is 9.06. The number of hydrogen-bond donors (Lipinski definition) is 2. The van der Waals surface area contributed by atoms with Crippen molar-refractivity contribution in [2.75, 3.05) is 19.8 Å². The Morgan fingerprint density at radius 1 is 1.30 bits per heavy atom. The van der Waals surface area contributed by atoms with E-state index in [4.69, 9.17) is 24.7 Å². The van der Waals surface area contributed by atoms with Gasteiger partial charge in [0, 0.05) is 0 Å². The van der Waals surface area contributed by atoms with Crippen molar-refractivity contribution in [2.24, 2.45) is 10.8 Å². The van der Waals surface area contributed by atoms with E-state index in [0.717, 1.165) is 0 Å². The van der Waals surface area contributed by atoms with Gasteiger partial charge in [0.25, 0.3) is 11.8 Å². The Balaban J connectivity index is 1.65. The van der Waals surface area contributed by atoms with E-state index in [1.807, 2.05) is 13.0 Å². The molecule has 1 aliphatic rings. The largest absolute Gasteiger partial charge is 0.490 e. The lowest BCUT2D eigenvalue weighted by atomic mass is 10.2. The molecule has 0 aliphatic carbocycles. The van der Waals surface area contributed by atoms with Crippen LogP contribution in [0.5, 0.6) is 23.0 Å². The molecule has 1 aliphatic heterocycles. The van der Waals surface area contributed by atoms with Crippen molar-refractivity contribution >= 4 is 34.0 Å². The maximum absolute atomic E-state index is 12.3. The van der Waals surface area contributed by atoms with E-state index < -0.39 is 17.9 Å². The number of halogens is 1. The van der Waals surface area contributed by atoms with Crippen molar-refractivity contribution in [3.8, 4) is 23.0 Å². The minimum Gasteiger partial charge on any atom is -0.490 e. The van der Waals surface area contributed by atoms with Crippen molar-refractivity contribution in [3.63, 3.8) is 0 Å². The van der Waals surface area contributed by atoms with Crippen LogP contribution in [0.15, 0.2) is 46.0 Å². The second-order valence-corrected chi connectivity index (χ2v) is 6.97. The number of fused-ring (bicyclic) bond motifs is 1. The molecule has 1 heterocycles. The zero-order chi connectivity index (χ0) is 21.5. The number of carbonyl (C=O) groups excluding carboxylic acids is 2. The molecule has 2 aromatic carbocycles. The minimum atomic E-state index is -0.813. The summed E-state index contributed by atoms with van der Waals surface area (Å²) in [6.07, 6.45) is 0.632. The van der Waals surface area contributed by atoms with Gasteiger partial charge in [-0.15, -0.1) is 0 Å². The number of nitrogens with two attached hydrogens (primary N) is 1. The van der Waals surface area contributed by atoms with E-state index in [9.17, 15) is 9.59 Å². The van der Waals surface area contributed by atoms with Crippen LogP contribution in [0.25, 0.3) is 0 Å². The highest BCUT2D eigenvalue weighted by Gasteiger charge is 2.27. The van der Waals surface area contributed by atoms with Gasteiger partial charge in [-0.3, -0.25) is 9.59 Å². The summed E-state index contributed by atoms with van der Waals surface area (Å²) >= 11 is 3.37.